The van der Waals surface area contributed by atoms with Gasteiger partial charge in [-0.15, -0.1) is 0 Å². The topological polar surface area (TPSA) is 102 Å². The molecule has 1 N–H and O–H groups in total. The van der Waals surface area contributed by atoms with Gasteiger partial charge in [-0.3, -0.25) is 5.32 Å². The van der Waals surface area contributed by atoms with Crippen molar-refractivity contribution < 1.29 is 22.8 Å². The molecule has 0 spiro atoms. The van der Waals surface area contributed by atoms with Gasteiger partial charge in [0, 0.05) is 0 Å². The zero-order valence-electron chi connectivity index (χ0n) is 14.5. The van der Waals surface area contributed by atoms with Crippen molar-refractivity contribution in [2.24, 2.45) is 0 Å². The van der Waals surface area contributed by atoms with Gasteiger partial charge in [0.15, 0.2) is 11.5 Å². The Morgan fingerprint density at radius 3 is 2.36 bits per heavy atom. The van der Waals surface area contributed by atoms with Crippen molar-refractivity contribution in [3.05, 3.63) is 78.3 Å². The molecule has 0 fully saturated rings. The Balaban J connectivity index is 1.63. The Bertz CT molecular complexity index is 1100. The smallest absolute Gasteiger partial charge is 0.414 e. The predicted molar refractivity (Wildman–Crippen MR) is 99.1 cm³/mol. The van der Waals surface area contributed by atoms with Gasteiger partial charge in [0.25, 0.3) is 0 Å². The van der Waals surface area contributed by atoms with Crippen LogP contribution >= 0.6 is 0 Å². The lowest BCUT2D eigenvalue weighted by atomic mass is 10.1. The van der Waals surface area contributed by atoms with E-state index in [9.17, 15) is 10.1 Å². The average Bonchev–Trinajstić information content (AvgIpc) is 3.47. The van der Waals surface area contributed by atoms with Gasteiger partial charge in [0.1, 0.15) is 24.0 Å². The molecule has 4 aromatic rings. The molecule has 1 amide bonds. The first-order chi connectivity index (χ1) is 13.8. The van der Waals surface area contributed by atoms with Gasteiger partial charge in [-0.2, -0.15) is 5.26 Å². The maximum absolute atomic E-state index is 12.2. The number of nitrogens with zero attached hydrogens (tertiary/aromatic N) is 1. The van der Waals surface area contributed by atoms with E-state index in [1.165, 1.54) is 12.5 Å². The molecule has 0 radical (unpaired) electrons. The quantitative estimate of drug-likeness (QED) is 0.500. The Labute approximate surface area is 159 Å². The second-order valence-corrected chi connectivity index (χ2v) is 5.76. The monoisotopic (exact) mass is 374 g/mol. The lowest BCUT2D eigenvalue weighted by molar-refractivity contribution is 0.154. The van der Waals surface area contributed by atoms with Crippen molar-refractivity contribution in [3.63, 3.8) is 0 Å². The van der Waals surface area contributed by atoms with Gasteiger partial charge in [-0.05, 0) is 29.8 Å². The van der Waals surface area contributed by atoms with Crippen molar-refractivity contribution in [1.29, 1.82) is 5.26 Å². The van der Waals surface area contributed by atoms with E-state index in [0.29, 0.717) is 17.1 Å². The summed E-state index contributed by atoms with van der Waals surface area (Å²) >= 11 is 0. The number of nitrogens with one attached hydrogen (secondary N) is 1. The summed E-state index contributed by atoms with van der Waals surface area (Å²) in [6, 6.07) is 18.1. The lowest BCUT2D eigenvalue weighted by Crippen LogP contribution is -2.13. The number of hydrogen-bond donors (Lipinski definition) is 1. The molecular formula is C21H14N2O5. The second-order valence-electron chi connectivity index (χ2n) is 5.76. The van der Waals surface area contributed by atoms with Gasteiger partial charge in [0.2, 0.25) is 5.88 Å². The van der Waals surface area contributed by atoms with E-state index in [4.69, 9.17) is 18.0 Å². The zero-order valence-corrected chi connectivity index (χ0v) is 14.5. The van der Waals surface area contributed by atoms with Crippen LogP contribution in [-0.4, -0.2) is 6.09 Å². The maximum atomic E-state index is 12.2. The van der Waals surface area contributed by atoms with Crippen LogP contribution in [0.15, 0.2) is 80.4 Å². The number of hydrogen-bond acceptors (Lipinski definition) is 6. The van der Waals surface area contributed by atoms with Crippen molar-refractivity contribution >= 4 is 12.0 Å². The molecule has 28 heavy (non-hydrogen) atoms. The van der Waals surface area contributed by atoms with E-state index in [-0.39, 0.29) is 23.8 Å². The summed E-state index contributed by atoms with van der Waals surface area (Å²) in [5.74, 6) is 1.04. The van der Waals surface area contributed by atoms with Crippen LogP contribution in [0.1, 0.15) is 11.1 Å². The van der Waals surface area contributed by atoms with Crippen LogP contribution < -0.4 is 5.32 Å². The number of rotatable bonds is 5. The van der Waals surface area contributed by atoms with Crippen LogP contribution in [0, 0.1) is 11.3 Å². The third kappa shape index (κ3) is 3.39. The third-order valence-corrected chi connectivity index (χ3v) is 3.96. The van der Waals surface area contributed by atoms with Crippen LogP contribution in [0.3, 0.4) is 0 Å². The summed E-state index contributed by atoms with van der Waals surface area (Å²) < 4.78 is 21.8. The number of carbonyl (C=O) groups is 1. The number of ether oxygens (including phenoxy) is 1. The molecule has 0 saturated heterocycles. The standard InChI is InChI=1S/C21H14N2O5/c22-12-15-18(16-8-4-10-25-16)19(17-9-5-11-26-17)28-20(15)23-21(24)27-13-14-6-2-1-3-7-14/h1-11H,13H2,(H,23,24). The number of nitriles is 1. The van der Waals surface area contributed by atoms with Gasteiger partial charge in [-0.1, -0.05) is 30.3 Å². The average molecular weight is 374 g/mol. The molecule has 0 atom stereocenters. The molecule has 0 unspecified atom stereocenters. The molecular weight excluding hydrogens is 360 g/mol. The van der Waals surface area contributed by atoms with Crippen LogP contribution in [0.4, 0.5) is 10.7 Å². The number of amides is 1. The Kier molecular flexibility index (Phi) is 4.68. The Hall–Kier alpha value is -4.18. The molecule has 1 aromatic carbocycles. The Morgan fingerprint density at radius 1 is 1.00 bits per heavy atom. The summed E-state index contributed by atoms with van der Waals surface area (Å²) in [4.78, 5) is 12.2. The van der Waals surface area contributed by atoms with E-state index < -0.39 is 6.09 Å². The van der Waals surface area contributed by atoms with Crippen molar-refractivity contribution in [3.8, 4) is 28.9 Å². The molecule has 7 heteroatoms. The van der Waals surface area contributed by atoms with Gasteiger partial charge in [-0.25, -0.2) is 4.79 Å². The first kappa shape index (κ1) is 17.2. The van der Waals surface area contributed by atoms with E-state index in [1.54, 1.807) is 24.3 Å². The first-order valence-corrected chi connectivity index (χ1v) is 8.38. The molecule has 138 valence electrons. The molecule has 0 aliphatic rings. The normalized spacial score (nSPS) is 10.4. The molecule has 4 rings (SSSR count). The first-order valence-electron chi connectivity index (χ1n) is 8.38. The summed E-state index contributed by atoms with van der Waals surface area (Å²) in [5.41, 5.74) is 1.34. The molecule has 3 aromatic heterocycles. The zero-order chi connectivity index (χ0) is 19.3. The number of furan rings is 3. The van der Waals surface area contributed by atoms with E-state index in [0.717, 1.165) is 5.56 Å². The highest BCUT2D eigenvalue weighted by Gasteiger charge is 2.27. The van der Waals surface area contributed by atoms with E-state index in [2.05, 4.69) is 5.32 Å². The van der Waals surface area contributed by atoms with Gasteiger partial charge >= 0.3 is 6.09 Å². The molecule has 0 saturated carbocycles. The van der Waals surface area contributed by atoms with Crippen molar-refractivity contribution in [2.75, 3.05) is 5.32 Å². The molecule has 7 nitrogen and oxygen atoms in total. The van der Waals surface area contributed by atoms with Crippen LogP contribution in [0.5, 0.6) is 0 Å². The van der Waals surface area contributed by atoms with Crippen LogP contribution in [0.25, 0.3) is 22.8 Å². The number of anilines is 1. The highest BCUT2D eigenvalue weighted by Crippen LogP contribution is 2.41. The number of carbonyl (C=O) groups excluding carboxylic acids is 1. The van der Waals surface area contributed by atoms with Crippen molar-refractivity contribution in [1.82, 2.24) is 0 Å². The highest BCUT2D eigenvalue weighted by atomic mass is 16.6. The number of benzene rings is 1. The lowest BCUT2D eigenvalue weighted by Gasteiger charge is -2.05. The predicted octanol–water partition coefficient (Wildman–Crippen LogP) is 5.42. The van der Waals surface area contributed by atoms with Gasteiger partial charge in [0.05, 0.1) is 18.1 Å². The fourth-order valence-electron chi connectivity index (χ4n) is 2.71. The summed E-state index contributed by atoms with van der Waals surface area (Å²) in [5, 5.41) is 12.1. The minimum absolute atomic E-state index is 0.0432. The third-order valence-electron chi connectivity index (χ3n) is 3.96. The highest BCUT2D eigenvalue weighted by molar-refractivity contribution is 5.91. The summed E-state index contributed by atoms with van der Waals surface area (Å²) in [6.07, 6.45) is 2.22. The SMILES string of the molecule is N#Cc1c(NC(=O)OCc2ccccc2)oc(-c2ccco2)c1-c1ccco1. The van der Waals surface area contributed by atoms with E-state index >= 15 is 0 Å². The fourth-order valence-corrected chi connectivity index (χ4v) is 2.71. The molecule has 3 heterocycles. The van der Waals surface area contributed by atoms with Crippen LogP contribution in [-0.2, 0) is 11.3 Å². The van der Waals surface area contributed by atoms with Gasteiger partial charge < -0.3 is 18.0 Å². The summed E-state index contributed by atoms with van der Waals surface area (Å²) in [7, 11) is 0. The molecule has 0 aliphatic heterocycles. The minimum Gasteiger partial charge on any atom is -0.464 e. The fraction of sp³-hybridized carbons (Fsp3) is 0.0476. The van der Waals surface area contributed by atoms with Crippen LogP contribution in [0.2, 0.25) is 0 Å². The molecule has 0 aliphatic carbocycles. The summed E-state index contributed by atoms with van der Waals surface area (Å²) in [6.45, 7) is 0.0886. The van der Waals surface area contributed by atoms with E-state index in [1.807, 2.05) is 36.4 Å². The second kappa shape index (κ2) is 7.60. The largest absolute Gasteiger partial charge is 0.464 e. The molecule has 0 bridgehead atoms. The van der Waals surface area contributed by atoms with Crippen molar-refractivity contribution in [2.45, 2.75) is 6.61 Å². The maximum Gasteiger partial charge on any atom is 0.414 e. The Morgan fingerprint density at radius 2 is 1.71 bits per heavy atom. The minimum atomic E-state index is -0.744.